The molecule has 0 radical (unpaired) electrons. The molecule has 0 spiro atoms. The van der Waals surface area contributed by atoms with Gasteiger partial charge in [-0.3, -0.25) is 0 Å². The number of hydrogen-bond acceptors (Lipinski definition) is 7. The minimum Gasteiger partial charge on any atom is -0.490 e. The summed E-state index contributed by atoms with van der Waals surface area (Å²) in [7, 11) is 0. The van der Waals surface area contributed by atoms with Gasteiger partial charge in [-0.25, -0.2) is 4.79 Å². The van der Waals surface area contributed by atoms with Crippen LogP contribution in [-0.4, -0.2) is 37.2 Å². The lowest BCUT2D eigenvalue weighted by Gasteiger charge is -2.12. The SMILES string of the molecule is CCOC(=O)COc1ccc(C=NN=C(N)SCc2ccccc2)cc1OCC. The summed E-state index contributed by atoms with van der Waals surface area (Å²) >= 11 is 1.42. The molecule has 0 saturated carbocycles. The molecule has 2 rings (SSSR count). The maximum atomic E-state index is 11.5. The zero-order valence-electron chi connectivity index (χ0n) is 16.5. The van der Waals surface area contributed by atoms with Crippen LogP contribution >= 0.6 is 11.8 Å². The summed E-state index contributed by atoms with van der Waals surface area (Å²) in [5.41, 5.74) is 7.82. The van der Waals surface area contributed by atoms with E-state index in [1.165, 1.54) is 17.3 Å². The first-order chi connectivity index (χ1) is 14.1. The van der Waals surface area contributed by atoms with Crippen LogP contribution in [-0.2, 0) is 15.3 Å². The number of benzene rings is 2. The molecule has 7 nitrogen and oxygen atoms in total. The van der Waals surface area contributed by atoms with Gasteiger partial charge in [0, 0.05) is 5.75 Å². The quantitative estimate of drug-likeness (QED) is 0.276. The van der Waals surface area contributed by atoms with Crippen molar-refractivity contribution in [2.24, 2.45) is 15.9 Å². The Hall–Kier alpha value is -3.00. The summed E-state index contributed by atoms with van der Waals surface area (Å²) in [5, 5.41) is 8.42. The summed E-state index contributed by atoms with van der Waals surface area (Å²) in [6, 6.07) is 15.3. The topological polar surface area (TPSA) is 95.5 Å². The molecule has 0 bridgehead atoms. The van der Waals surface area contributed by atoms with Gasteiger partial charge in [0.2, 0.25) is 0 Å². The second kappa shape index (κ2) is 12.5. The van der Waals surface area contributed by atoms with Crippen molar-refractivity contribution in [1.29, 1.82) is 0 Å². The lowest BCUT2D eigenvalue weighted by Crippen LogP contribution is -2.15. The molecule has 0 aromatic heterocycles. The van der Waals surface area contributed by atoms with Gasteiger partial charge in [0.25, 0.3) is 0 Å². The fourth-order valence-corrected chi connectivity index (χ4v) is 2.86. The number of thioether (sulfide) groups is 1. The summed E-state index contributed by atoms with van der Waals surface area (Å²) < 4.78 is 15.9. The van der Waals surface area contributed by atoms with Crippen LogP contribution in [0.2, 0.25) is 0 Å². The van der Waals surface area contributed by atoms with E-state index in [4.69, 9.17) is 19.9 Å². The molecule has 0 aliphatic heterocycles. The number of hydrogen-bond donors (Lipinski definition) is 1. The molecule has 0 atom stereocenters. The van der Waals surface area contributed by atoms with Crippen LogP contribution in [0.25, 0.3) is 0 Å². The van der Waals surface area contributed by atoms with E-state index in [0.717, 1.165) is 11.3 Å². The lowest BCUT2D eigenvalue weighted by atomic mass is 10.2. The van der Waals surface area contributed by atoms with E-state index in [9.17, 15) is 4.79 Å². The molecule has 0 fully saturated rings. The summed E-state index contributed by atoms with van der Waals surface area (Å²) in [6.07, 6.45) is 1.58. The monoisotopic (exact) mass is 415 g/mol. The molecule has 0 unspecified atom stereocenters. The van der Waals surface area contributed by atoms with Crippen molar-refractivity contribution in [2.45, 2.75) is 19.6 Å². The third kappa shape index (κ3) is 8.27. The second-order valence-electron chi connectivity index (χ2n) is 5.69. The molecule has 2 N–H and O–H groups in total. The van der Waals surface area contributed by atoms with E-state index >= 15 is 0 Å². The number of amidine groups is 1. The van der Waals surface area contributed by atoms with Crippen LogP contribution in [0.3, 0.4) is 0 Å². The Balaban J connectivity index is 1.96. The van der Waals surface area contributed by atoms with Gasteiger partial charge in [0.1, 0.15) is 0 Å². The molecule has 2 aromatic carbocycles. The van der Waals surface area contributed by atoms with Gasteiger partial charge < -0.3 is 19.9 Å². The third-order valence-electron chi connectivity index (χ3n) is 3.51. The zero-order chi connectivity index (χ0) is 20.9. The van der Waals surface area contributed by atoms with Gasteiger partial charge in [-0.1, -0.05) is 42.1 Å². The van der Waals surface area contributed by atoms with Crippen LogP contribution in [0.1, 0.15) is 25.0 Å². The molecule has 0 heterocycles. The summed E-state index contributed by atoms with van der Waals surface area (Å²) in [5.74, 6) is 1.26. The van der Waals surface area contributed by atoms with Crippen molar-refractivity contribution in [3.05, 3.63) is 59.7 Å². The van der Waals surface area contributed by atoms with Gasteiger partial charge in [-0.15, -0.1) is 5.10 Å². The molecule has 0 aliphatic rings. The van der Waals surface area contributed by atoms with Crippen molar-refractivity contribution < 1.29 is 19.0 Å². The first kappa shape index (κ1) is 22.3. The number of carbonyl (C=O) groups excluding carboxylic acids is 1. The van der Waals surface area contributed by atoms with Gasteiger partial charge in [-0.2, -0.15) is 5.10 Å². The number of nitrogens with zero attached hydrogens (tertiary/aromatic N) is 2. The Morgan fingerprint density at radius 3 is 2.59 bits per heavy atom. The lowest BCUT2D eigenvalue weighted by molar-refractivity contribution is -0.145. The van der Waals surface area contributed by atoms with E-state index in [2.05, 4.69) is 10.2 Å². The molecule has 0 aliphatic carbocycles. The van der Waals surface area contributed by atoms with E-state index < -0.39 is 5.97 Å². The van der Waals surface area contributed by atoms with Crippen LogP contribution in [0.5, 0.6) is 11.5 Å². The third-order valence-corrected chi connectivity index (χ3v) is 4.37. The maximum absolute atomic E-state index is 11.5. The molecular weight excluding hydrogens is 390 g/mol. The molecule has 0 saturated heterocycles. The predicted octanol–water partition coefficient (Wildman–Crippen LogP) is 3.61. The first-order valence-electron chi connectivity index (χ1n) is 9.20. The average Bonchev–Trinajstić information content (AvgIpc) is 2.73. The first-order valence-corrected chi connectivity index (χ1v) is 10.2. The Morgan fingerprint density at radius 1 is 1.07 bits per heavy atom. The minimum absolute atomic E-state index is 0.180. The van der Waals surface area contributed by atoms with Gasteiger partial charge in [-0.05, 0) is 43.2 Å². The van der Waals surface area contributed by atoms with Crippen LogP contribution in [0.15, 0.2) is 58.7 Å². The highest BCUT2D eigenvalue weighted by Crippen LogP contribution is 2.28. The molecule has 0 amide bonds. The number of nitrogens with two attached hydrogens (primary N) is 1. The number of esters is 1. The smallest absolute Gasteiger partial charge is 0.344 e. The normalized spacial score (nSPS) is 11.4. The van der Waals surface area contributed by atoms with E-state index in [1.54, 1.807) is 31.3 Å². The van der Waals surface area contributed by atoms with Crippen molar-refractivity contribution >= 4 is 29.1 Å². The van der Waals surface area contributed by atoms with Gasteiger partial charge >= 0.3 is 5.97 Å². The Labute approximate surface area is 174 Å². The standard InChI is InChI=1S/C21H25N3O4S/c1-3-26-19-12-17(10-11-18(19)28-14-20(25)27-4-2)13-23-24-21(22)29-15-16-8-6-5-7-9-16/h5-13H,3-4,14-15H2,1-2H3,(H2,22,24). The largest absolute Gasteiger partial charge is 0.490 e. The van der Waals surface area contributed by atoms with Crippen LogP contribution in [0.4, 0.5) is 0 Å². The highest BCUT2D eigenvalue weighted by Gasteiger charge is 2.09. The minimum atomic E-state index is -0.432. The van der Waals surface area contributed by atoms with Crippen molar-refractivity contribution in [2.75, 3.05) is 19.8 Å². The average molecular weight is 416 g/mol. The fraction of sp³-hybridized carbons (Fsp3) is 0.286. The maximum Gasteiger partial charge on any atom is 0.344 e. The molecule has 154 valence electrons. The van der Waals surface area contributed by atoms with E-state index in [-0.39, 0.29) is 6.61 Å². The Kier molecular flexibility index (Phi) is 9.57. The molecular formula is C21H25N3O4S. The molecule has 8 heteroatoms. The highest BCUT2D eigenvalue weighted by atomic mass is 32.2. The fourth-order valence-electron chi connectivity index (χ4n) is 2.24. The van der Waals surface area contributed by atoms with Gasteiger partial charge in [0.05, 0.1) is 19.4 Å². The highest BCUT2D eigenvalue weighted by molar-refractivity contribution is 8.13. The number of rotatable bonds is 10. The second-order valence-corrected chi connectivity index (χ2v) is 6.69. The molecule has 29 heavy (non-hydrogen) atoms. The summed E-state index contributed by atoms with van der Waals surface area (Å²) in [4.78, 5) is 11.5. The Bertz CT molecular complexity index is 841. The molecule has 2 aromatic rings. The van der Waals surface area contributed by atoms with Crippen molar-refractivity contribution in [3.63, 3.8) is 0 Å². The Morgan fingerprint density at radius 2 is 1.86 bits per heavy atom. The van der Waals surface area contributed by atoms with E-state index in [0.29, 0.717) is 29.9 Å². The van der Waals surface area contributed by atoms with Crippen molar-refractivity contribution in [1.82, 2.24) is 0 Å². The van der Waals surface area contributed by atoms with Crippen LogP contribution in [0, 0.1) is 0 Å². The summed E-state index contributed by atoms with van der Waals surface area (Å²) in [6.45, 7) is 4.19. The predicted molar refractivity (Wildman–Crippen MR) is 117 cm³/mol. The number of ether oxygens (including phenoxy) is 3. The van der Waals surface area contributed by atoms with E-state index in [1.807, 2.05) is 37.3 Å². The number of carbonyl (C=O) groups is 1. The zero-order valence-corrected chi connectivity index (χ0v) is 17.4. The van der Waals surface area contributed by atoms with Crippen molar-refractivity contribution in [3.8, 4) is 11.5 Å². The van der Waals surface area contributed by atoms with Gasteiger partial charge in [0.15, 0.2) is 23.3 Å². The van der Waals surface area contributed by atoms with Crippen LogP contribution < -0.4 is 15.2 Å².